The highest BCUT2D eigenvalue weighted by molar-refractivity contribution is 5.94. The minimum Gasteiger partial charge on any atom is -0.350 e. The molecule has 0 saturated carbocycles. The minimum absolute atomic E-state index is 0.0422. The Morgan fingerprint density at radius 2 is 2.05 bits per heavy atom. The van der Waals surface area contributed by atoms with Gasteiger partial charge in [0.15, 0.2) is 0 Å². The van der Waals surface area contributed by atoms with E-state index in [1.807, 2.05) is 18.2 Å². The molecule has 2 heterocycles. The van der Waals surface area contributed by atoms with Crippen molar-refractivity contribution in [1.29, 1.82) is 0 Å². The summed E-state index contributed by atoms with van der Waals surface area (Å²) in [6.07, 6.45) is 2.19. The summed E-state index contributed by atoms with van der Waals surface area (Å²) in [6.45, 7) is 0.423. The normalized spacial score (nSPS) is 20.5. The van der Waals surface area contributed by atoms with Gasteiger partial charge < -0.3 is 16.0 Å². The van der Waals surface area contributed by atoms with E-state index in [4.69, 9.17) is 0 Å². The van der Waals surface area contributed by atoms with Crippen molar-refractivity contribution in [2.75, 3.05) is 5.32 Å². The van der Waals surface area contributed by atoms with Crippen LogP contribution in [0.5, 0.6) is 0 Å². The highest BCUT2D eigenvalue weighted by atomic mass is 16.2. The number of rotatable bonds is 3. The van der Waals surface area contributed by atoms with Crippen molar-refractivity contribution >= 4 is 23.4 Å². The maximum atomic E-state index is 11.9. The van der Waals surface area contributed by atoms with Gasteiger partial charge >= 0.3 is 0 Å². The second kappa shape index (κ2) is 5.55. The summed E-state index contributed by atoms with van der Waals surface area (Å²) in [5.74, 6) is -0.174. The highest BCUT2D eigenvalue weighted by Gasteiger charge is 2.26. The molecule has 1 saturated heterocycles. The maximum Gasteiger partial charge on any atom is 0.242 e. The van der Waals surface area contributed by atoms with Crippen LogP contribution in [0.4, 0.5) is 5.69 Å². The molecule has 2 aliphatic heterocycles. The van der Waals surface area contributed by atoms with Crippen molar-refractivity contribution in [2.24, 2.45) is 0 Å². The van der Waals surface area contributed by atoms with Gasteiger partial charge in [0.2, 0.25) is 17.7 Å². The molecule has 1 aromatic carbocycles. The van der Waals surface area contributed by atoms with Crippen LogP contribution < -0.4 is 16.0 Å². The van der Waals surface area contributed by atoms with E-state index < -0.39 is 6.04 Å². The van der Waals surface area contributed by atoms with Crippen molar-refractivity contribution in [3.05, 3.63) is 29.3 Å². The molecule has 1 atom stereocenters. The minimum atomic E-state index is -0.408. The number of carbonyl (C=O) groups is 3. The molecule has 0 bridgehead atoms. The predicted octanol–water partition coefficient (Wildman–Crippen LogP) is 0.466. The van der Waals surface area contributed by atoms with Gasteiger partial charge in [-0.15, -0.1) is 0 Å². The molecule has 0 aromatic heterocycles. The van der Waals surface area contributed by atoms with Crippen molar-refractivity contribution in [2.45, 2.75) is 38.3 Å². The first kappa shape index (κ1) is 13.6. The zero-order valence-corrected chi connectivity index (χ0v) is 11.6. The molecule has 21 heavy (non-hydrogen) atoms. The topological polar surface area (TPSA) is 87.3 Å². The maximum absolute atomic E-state index is 11.9. The van der Waals surface area contributed by atoms with Gasteiger partial charge in [0.25, 0.3) is 0 Å². The molecule has 1 unspecified atom stereocenters. The third kappa shape index (κ3) is 3.04. The Bertz CT molecular complexity index is 612. The fourth-order valence-corrected chi connectivity index (χ4v) is 2.67. The number of nitrogens with one attached hydrogen (secondary N) is 3. The highest BCUT2D eigenvalue weighted by Crippen LogP contribution is 2.23. The van der Waals surface area contributed by atoms with Gasteiger partial charge in [0.05, 0.1) is 0 Å². The summed E-state index contributed by atoms with van der Waals surface area (Å²) in [7, 11) is 0. The Hall–Kier alpha value is -2.37. The number of hydrogen-bond acceptors (Lipinski definition) is 3. The average Bonchev–Trinajstić information content (AvgIpc) is 2.91. The molecule has 1 fully saturated rings. The summed E-state index contributed by atoms with van der Waals surface area (Å²) in [5, 5.41) is 8.31. The summed E-state index contributed by atoms with van der Waals surface area (Å²) >= 11 is 0. The van der Waals surface area contributed by atoms with Crippen LogP contribution in [-0.2, 0) is 27.3 Å². The Morgan fingerprint density at radius 3 is 2.81 bits per heavy atom. The van der Waals surface area contributed by atoms with Crippen LogP contribution in [0.1, 0.15) is 30.4 Å². The largest absolute Gasteiger partial charge is 0.350 e. The van der Waals surface area contributed by atoms with Crippen molar-refractivity contribution in [3.8, 4) is 0 Å². The summed E-state index contributed by atoms with van der Waals surface area (Å²) in [5.41, 5.74) is 2.93. The first-order valence-electron chi connectivity index (χ1n) is 7.10. The van der Waals surface area contributed by atoms with E-state index in [-0.39, 0.29) is 17.7 Å². The van der Waals surface area contributed by atoms with Gasteiger partial charge in [0.1, 0.15) is 6.04 Å². The van der Waals surface area contributed by atoms with Crippen LogP contribution in [0.15, 0.2) is 18.2 Å². The van der Waals surface area contributed by atoms with Gasteiger partial charge in [-0.05, 0) is 30.0 Å². The summed E-state index contributed by atoms with van der Waals surface area (Å²) < 4.78 is 0. The Balaban J connectivity index is 1.59. The molecule has 0 radical (unpaired) electrons. The number of fused-ring (bicyclic) bond motifs is 1. The van der Waals surface area contributed by atoms with Crippen LogP contribution in [0.2, 0.25) is 0 Å². The molecule has 1 aromatic rings. The molecule has 6 nitrogen and oxygen atoms in total. The Morgan fingerprint density at radius 1 is 1.19 bits per heavy atom. The van der Waals surface area contributed by atoms with E-state index >= 15 is 0 Å². The lowest BCUT2D eigenvalue weighted by Crippen LogP contribution is -2.41. The van der Waals surface area contributed by atoms with Crippen molar-refractivity contribution < 1.29 is 14.4 Å². The van der Waals surface area contributed by atoms with Gasteiger partial charge in [-0.2, -0.15) is 0 Å². The van der Waals surface area contributed by atoms with E-state index in [2.05, 4.69) is 16.0 Å². The van der Waals surface area contributed by atoms with Crippen molar-refractivity contribution in [3.63, 3.8) is 0 Å². The quantitative estimate of drug-likeness (QED) is 0.755. The first-order valence-corrected chi connectivity index (χ1v) is 7.10. The molecular formula is C15H17N3O3. The van der Waals surface area contributed by atoms with Crippen molar-refractivity contribution in [1.82, 2.24) is 10.6 Å². The van der Waals surface area contributed by atoms with Crippen LogP contribution in [-0.4, -0.2) is 23.8 Å². The number of anilines is 1. The molecule has 110 valence electrons. The second-order valence-corrected chi connectivity index (χ2v) is 5.42. The number of aryl methyl sites for hydroxylation is 1. The van der Waals surface area contributed by atoms with Gasteiger partial charge in [-0.1, -0.05) is 12.1 Å². The first-order chi connectivity index (χ1) is 10.1. The monoisotopic (exact) mass is 287 g/mol. The van der Waals surface area contributed by atoms with Crippen LogP contribution in [0, 0.1) is 0 Å². The lowest BCUT2D eigenvalue weighted by molar-refractivity contribution is -0.125. The predicted molar refractivity (Wildman–Crippen MR) is 76.4 cm³/mol. The average molecular weight is 287 g/mol. The SMILES string of the molecule is O=C1CCc2cc(CNC(=O)C3CCC(=O)N3)ccc2N1. The summed E-state index contributed by atoms with van der Waals surface area (Å²) in [4.78, 5) is 34.3. The van der Waals surface area contributed by atoms with Crippen LogP contribution in [0.25, 0.3) is 0 Å². The molecule has 0 aliphatic carbocycles. The number of carbonyl (C=O) groups excluding carboxylic acids is 3. The van der Waals surface area contributed by atoms with Gasteiger partial charge in [-0.3, -0.25) is 14.4 Å². The van der Waals surface area contributed by atoms with E-state index in [1.165, 1.54) is 0 Å². The van der Waals surface area contributed by atoms with E-state index in [9.17, 15) is 14.4 Å². The lowest BCUT2D eigenvalue weighted by Gasteiger charge is -2.18. The molecule has 2 aliphatic rings. The molecular weight excluding hydrogens is 270 g/mol. The van der Waals surface area contributed by atoms with E-state index in [1.54, 1.807) is 0 Å². The Kier molecular flexibility index (Phi) is 3.60. The standard InChI is InChI=1S/C15H17N3O3/c19-13-5-2-10-7-9(1-3-11(10)17-13)8-16-15(21)12-4-6-14(20)18-12/h1,3,7,12H,2,4-6,8H2,(H,16,21)(H,17,19)(H,18,20). The molecule has 3 amide bonds. The second-order valence-electron chi connectivity index (χ2n) is 5.42. The fraction of sp³-hybridized carbons (Fsp3) is 0.400. The van der Waals surface area contributed by atoms with Crippen LogP contribution in [0.3, 0.4) is 0 Å². The summed E-state index contributed by atoms with van der Waals surface area (Å²) in [6, 6.07) is 5.35. The van der Waals surface area contributed by atoms with Gasteiger partial charge in [-0.25, -0.2) is 0 Å². The van der Waals surface area contributed by atoms with Gasteiger partial charge in [0, 0.05) is 25.1 Å². The third-order valence-corrected chi connectivity index (χ3v) is 3.84. The molecule has 6 heteroatoms. The Labute approximate surface area is 122 Å². The smallest absolute Gasteiger partial charge is 0.242 e. The lowest BCUT2D eigenvalue weighted by atomic mass is 10.0. The number of amides is 3. The molecule has 3 rings (SSSR count). The third-order valence-electron chi connectivity index (χ3n) is 3.84. The zero-order chi connectivity index (χ0) is 14.8. The van der Waals surface area contributed by atoms with E-state index in [0.717, 1.165) is 23.2 Å². The zero-order valence-electron chi connectivity index (χ0n) is 11.6. The number of hydrogen-bond donors (Lipinski definition) is 3. The number of benzene rings is 1. The van der Waals surface area contributed by atoms with Crippen LogP contribution >= 0.6 is 0 Å². The molecule has 3 N–H and O–H groups in total. The van der Waals surface area contributed by atoms with E-state index in [0.29, 0.717) is 25.8 Å². The fourth-order valence-electron chi connectivity index (χ4n) is 2.67. The molecule has 0 spiro atoms.